The summed E-state index contributed by atoms with van der Waals surface area (Å²) in [5.41, 5.74) is 0.305. The van der Waals surface area contributed by atoms with Crippen molar-refractivity contribution in [2.24, 2.45) is 0 Å². The van der Waals surface area contributed by atoms with Gasteiger partial charge in [0.15, 0.2) is 6.61 Å². The molecule has 2 aromatic rings. The van der Waals surface area contributed by atoms with Gasteiger partial charge in [0.1, 0.15) is 11.5 Å². The van der Waals surface area contributed by atoms with Gasteiger partial charge in [0.2, 0.25) is 0 Å². The Labute approximate surface area is 122 Å². The minimum atomic E-state index is -4.76. The molecule has 1 aromatic carbocycles. The van der Waals surface area contributed by atoms with Crippen molar-refractivity contribution in [2.45, 2.75) is 13.3 Å². The van der Waals surface area contributed by atoms with Gasteiger partial charge < -0.3 is 19.3 Å². The fourth-order valence-electron chi connectivity index (χ4n) is 1.49. The van der Waals surface area contributed by atoms with Crippen LogP contribution in [0.2, 0.25) is 0 Å². The van der Waals surface area contributed by atoms with Crippen LogP contribution in [0.5, 0.6) is 11.6 Å². The first-order valence-electron chi connectivity index (χ1n) is 6.03. The van der Waals surface area contributed by atoms with Crippen molar-refractivity contribution in [3.63, 3.8) is 0 Å². The maximum absolute atomic E-state index is 12.0. The molecule has 0 radical (unpaired) electrons. The van der Waals surface area contributed by atoms with Crippen molar-refractivity contribution in [1.29, 1.82) is 0 Å². The molecule has 0 spiro atoms. The fourth-order valence-corrected chi connectivity index (χ4v) is 1.49. The molecule has 1 heterocycles. The monoisotopic (exact) mass is 316 g/mol. The van der Waals surface area contributed by atoms with E-state index >= 15 is 0 Å². The van der Waals surface area contributed by atoms with Gasteiger partial charge >= 0.3 is 6.36 Å². The molecule has 9 heteroatoms. The van der Waals surface area contributed by atoms with Crippen LogP contribution in [-0.2, 0) is 4.79 Å². The van der Waals surface area contributed by atoms with Crippen LogP contribution in [0.3, 0.4) is 0 Å². The van der Waals surface area contributed by atoms with E-state index < -0.39 is 12.3 Å². The lowest BCUT2D eigenvalue weighted by molar-refractivity contribution is -0.274. The molecule has 0 fully saturated rings. The van der Waals surface area contributed by atoms with E-state index in [1.54, 1.807) is 6.92 Å². The molecule has 0 saturated carbocycles. The van der Waals surface area contributed by atoms with Gasteiger partial charge in [-0.2, -0.15) is 0 Å². The molecule has 0 unspecified atom stereocenters. The molecule has 0 atom stereocenters. The number of nitrogens with one attached hydrogen (secondary N) is 1. The van der Waals surface area contributed by atoms with Crippen molar-refractivity contribution in [1.82, 2.24) is 5.16 Å². The minimum absolute atomic E-state index is 0.168. The van der Waals surface area contributed by atoms with E-state index in [-0.39, 0.29) is 18.2 Å². The third-order valence-corrected chi connectivity index (χ3v) is 2.33. The number of rotatable bonds is 5. The van der Waals surface area contributed by atoms with E-state index in [2.05, 4.69) is 15.2 Å². The molecule has 0 aliphatic heterocycles. The quantitative estimate of drug-likeness (QED) is 0.918. The van der Waals surface area contributed by atoms with Gasteiger partial charge in [-0.25, -0.2) is 0 Å². The summed E-state index contributed by atoms with van der Waals surface area (Å²) in [5, 5.41) is 5.99. The molecule has 118 valence electrons. The number of benzene rings is 1. The first kappa shape index (κ1) is 15.7. The van der Waals surface area contributed by atoms with Crippen LogP contribution < -0.4 is 14.8 Å². The summed E-state index contributed by atoms with van der Waals surface area (Å²) in [4.78, 5) is 11.6. The van der Waals surface area contributed by atoms with Crippen LogP contribution in [0.15, 0.2) is 34.9 Å². The lowest BCUT2D eigenvalue weighted by Gasteiger charge is -2.10. The third-order valence-electron chi connectivity index (χ3n) is 2.33. The molecule has 6 nitrogen and oxygen atoms in total. The molecular formula is C13H11F3N2O4. The molecule has 0 saturated heterocycles. The Kier molecular flexibility index (Phi) is 4.54. The van der Waals surface area contributed by atoms with Gasteiger partial charge in [0, 0.05) is 11.8 Å². The number of carbonyl (C=O) groups excluding carboxylic acids is 1. The van der Waals surface area contributed by atoms with Gasteiger partial charge in [-0.1, -0.05) is 0 Å². The number of nitrogens with zero attached hydrogens (tertiary/aromatic N) is 1. The standard InChI is InChI=1S/C13H11F3N2O4/c1-8-6-12(18-22-8)20-7-11(19)17-9-2-4-10(5-3-9)21-13(14,15)16/h2-6H,7H2,1H3,(H,17,19). The second-order valence-corrected chi connectivity index (χ2v) is 4.18. The lowest BCUT2D eigenvalue weighted by Crippen LogP contribution is -2.20. The maximum atomic E-state index is 12.0. The number of aromatic nitrogens is 1. The first-order valence-corrected chi connectivity index (χ1v) is 6.03. The molecule has 1 amide bonds. The summed E-state index contributed by atoms with van der Waals surface area (Å²) in [7, 11) is 0. The topological polar surface area (TPSA) is 73.6 Å². The normalized spacial score (nSPS) is 11.1. The first-order chi connectivity index (χ1) is 10.3. The molecule has 0 bridgehead atoms. The Morgan fingerprint density at radius 2 is 2.00 bits per heavy atom. The maximum Gasteiger partial charge on any atom is 0.573 e. The van der Waals surface area contributed by atoms with E-state index in [4.69, 9.17) is 9.26 Å². The van der Waals surface area contributed by atoms with E-state index in [9.17, 15) is 18.0 Å². The van der Waals surface area contributed by atoms with E-state index in [1.807, 2.05) is 0 Å². The Bertz CT molecular complexity index is 637. The van der Waals surface area contributed by atoms with Crippen LogP contribution in [-0.4, -0.2) is 24.0 Å². The SMILES string of the molecule is Cc1cc(OCC(=O)Nc2ccc(OC(F)(F)F)cc2)no1. The molecule has 22 heavy (non-hydrogen) atoms. The summed E-state index contributed by atoms with van der Waals surface area (Å²) in [5.74, 6) is -0.165. The number of aryl methyl sites for hydroxylation is 1. The number of hydrogen-bond donors (Lipinski definition) is 1. The van der Waals surface area contributed by atoms with Crippen LogP contribution in [0.4, 0.5) is 18.9 Å². The molecule has 2 rings (SSSR count). The van der Waals surface area contributed by atoms with Crippen LogP contribution in [0.1, 0.15) is 5.76 Å². The molecular weight excluding hydrogens is 305 g/mol. The Hall–Kier alpha value is -2.71. The molecule has 1 aromatic heterocycles. The third kappa shape index (κ3) is 5.00. The van der Waals surface area contributed by atoms with Gasteiger partial charge in [-0.05, 0) is 36.3 Å². The average Bonchev–Trinajstić information content (AvgIpc) is 2.83. The number of alkyl halides is 3. The Morgan fingerprint density at radius 1 is 1.32 bits per heavy atom. The zero-order chi connectivity index (χ0) is 16.2. The number of anilines is 1. The zero-order valence-electron chi connectivity index (χ0n) is 11.3. The van der Waals surface area contributed by atoms with Crippen molar-refractivity contribution < 1.29 is 32.0 Å². The van der Waals surface area contributed by atoms with Crippen LogP contribution >= 0.6 is 0 Å². The largest absolute Gasteiger partial charge is 0.573 e. The summed E-state index contributed by atoms with van der Waals surface area (Å²) < 4.78 is 49.5. The minimum Gasteiger partial charge on any atom is -0.465 e. The summed E-state index contributed by atoms with van der Waals surface area (Å²) in [6.07, 6.45) is -4.76. The summed E-state index contributed by atoms with van der Waals surface area (Å²) in [6.45, 7) is 1.36. The Balaban J connectivity index is 1.83. The molecule has 0 aliphatic carbocycles. The van der Waals surface area contributed by atoms with E-state index in [1.165, 1.54) is 18.2 Å². The van der Waals surface area contributed by atoms with Gasteiger partial charge in [0.05, 0.1) is 0 Å². The smallest absolute Gasteiger partial charge is 0.465 e. The predicted octanol–water partition coefficient (Wildman–Crippen LogP) is 2.90. The summed E-state index contributed by atoms with van der Waals surface area (Å²) >= 11 is 0. The zero-order valence-corrected chi connectivity index (χ0v) is 11.3. The number of ether oxygens (including phenoxy) is 2. The van der Waals surface area contributed by atoms with Crippen molar-refractivity contribution >= 4 is 11.6 Å². The highest BCUT2D eigenvalue weighted by Crippen LogP contribution is 2.23. The highest BCUT2D eigenvalue weighted by atomic mass is 19.4. The van der Waals surface area contributed by atoms with Crippen LogP contribution in [0.25, 0.3) is 0 Å². The highest BCUT2D eigenvalue weighted by Gasteiger charge is 2.30. The van der Waals surface area contributed by atoms with Gasteiger partial charge in [-0.3, -0.25) is 4.79 Å². The van der Waals surface area contributed by atoms with E-state index in [0.717, 1.165) is 12.1 Å². The predicted molar refractivity (Wildman–Crippen MR) is 68.5 cm³/mol. The molecule has 0 aliphatic rings. The van der Waals surface area contributed by atoms with Crippen LogP contribution in [0, 0.1) is 6.92 Å². The number of carbonyl (C=O) groups is 1. The fraction of sp³-hybridized carbons (Fsp3) is 0.231. The highest BCUT2D eigenvalue weighted by molar-refractivity contribution is 5.91. The van der Waals surface area contributed by atoms with Crippen molar-refractivity contribution in [3.05, 3.63) is 36.1 Å². The van der Waals surface area contributed by atoms with Gasteiger partial charge in [-0.15, -0.1) is 13.2 Å². The lowest BCUT2D eigenvalue weighted by atomic mass is 10.3. The molecule has 1 N–H and O–H groups in total. The second-order valence-electron chi connectivity index (χ2n) is 4.18. The average molecular weight is 316 g/mol. The second kappa shape index (κ2) is 6.37. The van der Waals surface area contributed by atoms with E-state index in [0.29, 0.717) is 11.4 Å². The van der Waals surface area contributed by atoms with Gasteiger partial charge in [0.25, 0.3) is 11.8 Å². The number of halogens is 3. The number of amides is 1. The summed E-state index contributed by atoms with van der Waals surface area (Å²) in [6, 6.07) is 6.24. The van der Waals surface area contributed by atoms with Crippen molar-refractivity contribution in [2.75, 3.05) is 11.9 Å². The number of hydrogen-bond acceptors (Lipinski definition) is 5. The Morgan fingerprint density at radius 3 is 2.55 bits per heavy atom. The van der Waals surface area contributed by atoms with Crippen molar-refractivity contribution in [3.8, 4) is 11.6 Å².